The molecule has 0 saturated carbocycles. The van der Waals surface area contributed by atoms with Gasteiger partial charge < -0.3 is 10.6 Å². The van der Waals surface area contributed by atoms with E-state index in [9.17, 15) is 4.79 Å². The Labute approximate surface area is 104 Å². The van der Waals surface area contributed by atoms with Crippen LogP contribution in [0.3, 0.4) is 0 Å². The van der Waals surface area contributed by atoms with Gasteiger partial charge >= 0.3 is 0 Å². The maximum Gasteiger partial charge on any atom is 0.219 e. The molecule has 6 nitrogen and oxygen atoms in total. The van der Waals surface area contributed by atoms with Crippen LogP contribution >= 0.6 is 11.3 Å². The minimum Gasteiger partial charge on any atom is -0.374 e. The molecule has 2 heterocycles. The highest BCUT2D eigenvalue weighted by Gasteiger charge is 2.18. The zero-order valence-corrected chi connectivity index (χ0v) is 10.7. The van der Waals surface area contributed by atoms with Crippen LogP contribution in [0.15, 0.2) is 0 Å². The molecule has 1 aliphatic heterocycles. The summed E-state index contributed by atoms with van der Waals surface area (Å²) in [5.41, 5.74) is 5.53. The Hall–Kier alpha value is -1.21. The third-order valence-corrected chi connectivity index (χ3v) is 3.75. The summed E-state index contributed by atoms with van der Waals surface area (Å²) < 4.78 is 0. The highest BCUT2D eigenvalue weighted by molar-refractivity contribution is 7.15. The van der Waals surface area contributed by atoms with Gasteiger partial charge in [0.1, 0.15) is 5.01 Å². The largest absolute Gasteiger partial charge is 0.374 e. The van der Waals surface area contributed by atoms with E-state index < -0.39 is 0 Å². The number of rotatable bonds is 3. The SMILES string of the molecule is CC(=O)N1CCN(CCc2nnc(N)s2)CC1. The lowest BCUT2D eigenvalue weighted by atomic mass is 10.3. The van der Waals surface area contributed by atoms with E-state index in [0.29, 0.717) is 5.13 Å². The molecule has 1 aromatic heterocycles. The number of carbonyl (C=O) groups excluding carboxylic acids is 1. The smallest absolute Gasteiger partial charge is 0.219 e. The van der Waals surface area contributed by atoms with Crippen molar-refractivity contribution in [3.8, 4) is 0 Å². The van der Waals surface area contributed by atoms with Gasteiger partial charge in [-0.15, -0.1) is 10.2 Å². The number of nitrogen functional groups attached to an aromatic ring is 1. The highest BCUT2D eigenvalue weighted by Crippen LogP contribution is 2.12. The lowest BCUT2D eigenvalue weighted by Gasteiger charge is -2.33. The zero-order valence-electron chi connectivity index (χ0n) is 9.93. The molecule has 0 radical (unpaired) electrons. The second kappa shape index (κ2) is 5.42. The van der Waals surface area contributed by atoms with Crippen LogP contribution in [0.5, 0.6) is 0 Å². The van der Waals surface area contributed by atoms with E-state index >= 15 is 0 Å². The van der Waals surface area contributed by atoms with Crippen molar-refractivity contribution in [1.82, 2.24) is 20.0 Å². The first-order valence-electron chi connectivity index (χ1n) is 5.71. The van der Waals surface area contributed by atoms with Crippen molar-refractivity contribution in [2.75, 3.05) is 38.5 Å². The summed E-state index contributed by atoms with van der Waals surface area (Å²) in [6.45, 7) is 6.11. The number of hydrogen-bond donors (Lipinski definition) is 1. The highest BCUT2D eigenvalue weighted by atomic mass is 32.1. The van der Waals surface area contributed by atoms with Crippen LogP contribution in [0, 0.1) is 0 Å². The van der Waals surface area contributed by atoms with E-state index in [1.165, 1.54) is 11.3 Å². The standard InChI is InChI=1S/C10H17N5OS/c1-8(16)15-6-4-14(5-7-15)3-2-9-12-13-10(11)17-9/h2-7H2,1H3,(H2,11,13). The number of amides is 1. The van der Waals surface area contributed by atoms with Gasteiger partial charge in [-0.1, -0.05) is 11.3 Å². The van der Waals surface area contributed by atoms with Crippen LogP contribution < -0.4 is 5.73 Å². The van der Waals surface area contributed by atoms with Crippen molar-refractivity contribution in [2.45, 2.75) is 13.3 Å². The van der Waals surface area contributed by atoms with Gasteiger partial charge in [-0.05, 0) is 0 Å². The predicted molar refractivity (Wildman–Crippen MR) is 66.7 cm³/mol. The van der Waals surface area contributed by atoms with Gasteiger partial charge in [0.2, 0.25) is 11.0 Å². The summed E-state index contributed by atoms with van der Waals surface area (Å²) in [7, 11) is 0. The number of anilines is 1. The van der Waals surface area contributed by atoms with Crippen LogP contribution in [0.4, 0.5) is 5.13 Å². The summed E-state index contributed by atoms with van der Waals surface area (Å²) in [4.78, 5) is 15.4. The van der Waals surface area contributed by atoms with Crippen molar-refractivity contribution in [3.05, 3.63) is 5.01 Å². The molecule has 1 fully saturated rings. The number of nitrogens with two attached hydrogens (primary N) is 1. The first kappa shape index (κ1) is 12.3. The van der Waals surface area contributed by atoms with Crippen molar-refractivity contribution >= 4 is 22.4 Å². The average molecular weight is 255 g/mol. The molecule has 94 valence electrons. The van der Waals surface area contributed by atoms with Gasteiger partial charge in [0.25, 0.3) is 0 Å². The van der Waals surface area contributed by atoms with Crippen LogP contribution in [0.25, 0.3) is 0 Å². The molecule has 1 amide bonds. The molecule has 1 saturated heterocycles. The second-order valence-corrected chi connectivity index (χ2v) is 5.23. The van der Waals surface area contributed by atoms with E-state index in [1.807, 2.05) is 4.90 Å². The van der Waals surface area contributed by atoms with Crippen molar-refractivity contribution in [3.63, 3.8) is 0 Å². The van der Waals surface area contributed by atoms with E-state index in [4.69, 9.17) is 5.73 Å². The molecule has 1 aliphatic rings. The summed E-state index contributed by atoms with van der Waals surface area (Å²) in [6, 6.07) is 0. The minimum atomic E-state index is 0.168. The maximum atomic E-state index is 11.2. The molecule has 0 atom stereocenters. The Balaban J connectivity index is 1.73. The Morgan fingerprint density at radius 2 is 2.06 bits per heavy atom. The molecule has 0 aromatic carbocycles. The van der Waals surface area contributed by atoms with E-state index in [-0.39, 0.29) is 5.91 Å². The zero-order chi connectivity index (χ0) is 12.3. The molecule has 7 heteroatoms. The monoisotopic (exact) mass is 255 g/mol. The van der Waals surface area contributed by atoms with E-state index in [1.54, 1.807) is 6.92 Å². The van der Waals surface area contributed by atoms with E-state index in [2.05, 4.69) is 15.1 Å². The molecule has 0 unspecified atom stereocenters. The minimum absolute atomic E-state index is 0.168. The molecule has 0 spiro atoms. The molecular formula is C10H17N5OS. The molecule has 0 aliphatic carbocycles. The lowest BCUT2D eigenvalue weighted by Crippen LogP contribution is -2.48. The van der Waals surface area contributed by atoms with E-state index in [0.717, 1.165) is 44.2 Å². The number of nitrogens with zero attached hydrogens (tertiary/aromatic N) is 4. The molecule has 0 bridgehead atoms. The molecule has 2 rings (SSSR count). The third-order valence-electron chi connectivity index (χ3n) is 2.94. The quantitative estimate of drug-likeness (QED) is 0.811. The molecule has 2 N–H and O–H groups in total. The van der Waals surface area contributed by atoms with Gasteiger partial charge in [0, 0.05) is 46.1 Å². The van der Waals surface area contributed by atoms with Gasteiger partial charge in [-0.25, -0.2) is 0 Å². The number of aromatic nitrogens is 2. The number of hydrogen-bond acceptors (Lipinski definition) is 6. The van der Waals surface area contributed by atoms with Crippen molar-refractivity contribution < 1.29 is 4.79 Å². The maximum absolute atomic E-state index is 11.2. The van der Waals surface area contributed by atoms with Crippen LogP contribution in [-0.2, 0) is 11.2 Å². The average Bonchev–Trinajstić information content (AvgIpc) is 2.73. The molecular weight excluding hydrogens is 238 g/mol. The summed E-state index contributed by atoms with van der Waals surface area (Å²) in [5.74, 6) is 0.168. The lowest BCUT2D eigenvalue weighted by molar-refractivity contribution is -0.130. The Morgan fingerprint density at radius 3 is 2.59 bits per heavy atom. The second-order valence-electron chi connectivity index (χ2n) is 4.13. The van der Waals surface area contributed by atoms with Gasteiger partial charge in [-0.2, -0.15) is 0 Å². The van der Waals surface area contributed by atoms with Gasteiger partial charge in [-0.3, -0.25) is 9.69 Å². The summed E-state index contributed by atoms with van der Waals surface area (Å²) >= 11 is 1.45. The normalized spacial score (nSPS) is 17.4. The Morgan fingerprint density at radius 1 is 1.35 bits per heavy atom. The number of piperazine rings is 1. The first-order valence-corrected chi connectivity index (χ1v) is 6.52. The Bertz CT molecular complexity index is 386. The third kappa shape index (κ3) is 3.37. The topological polar surface area (TPSA) is 75.4 Å². The fourth-order valence-corrected chi connectivity index (χ4v) is 2.51. The molecule has 1 aromatic rings. The first-order chi connectivity index (χ1) is 8.15. The van der Waals surface area contributed by atoms with Crippen molar-refractivity contribution in [2.24, 2.45) is 0 Å². The van der Waals surface area contributed by atoms with Crippen LogP contribution in [0.2, 0.25) is 0 Å². The van der Waals surface area contributed by atoms with Crippen molar-refractivity contribution in [1.29, 1.82) is 0 Å². The van der Waals surface area contributed by atoms with Gasteiger partial charge in [0.15, 0.2) is 0 Å². The Kier molecular flexibility index (Phi) is 3.90. The van der Waals surface area contributed by atoms with Crippen LogP contribution in [0.1, 0.15) is 11.9 Å². The predicted octanol–water partition coefficient (Wildman–Crippen LogP) is -0.173. The number of carbonyl (C=O) groups is 1. The van der Waals surface area contributed by atoms with Crippen LogP contribution in [-0.4, -0.2) is 58.6 Å². The van der Waals surface area contributed by atoms with Gasteiger partial charge in [0.05, 0.1) is 0 Å². The fraction of sp³-hybridized carbons (Fsp3) is 0.700. The summed E-state index contributed by atoms with van der Waals surface area (Å²) in [5, 5.41) is 9.30. The molecule has 17 heavy (non-hydrogen) atoms. The fourth-order valence-electron chi connectivity index (χ4n) is 1.91. The summed E-state index contributed by atoms with van der Waals surface area (Å²) in [6.07, 6.45) is 0.884.